The van der Waals surface area contributed by atoms with E-state index in [1.165, 1.54) is 104 Å². The average molecular weight is 709 g/mol. The second kappa shape index (κ2) is 11.4. The molecule has 1 heteroatoms. The summed E-state index contributed by atoms with van der Waals surface area (Å²) in [6, 6.07) is 59.3. The molecule has 0 radical (unpaired) electrons. The molecule has 0 nitrogen and oxygen atoms in total. The Balaban J connectivity index is 0.987. The van der Waals surface area contributed by atoms with Gasteiger partial charge in [-0.05, 0) is 161 Å². The Morgan fingerprint density at radius 3 is 1.67 bits per heavy atom. The molecular formula is C54H41F. The molecule has 5 atom stereocenters. The van der Waals surface area contributed by atoms with Crippen LogP contribution in [0.3, 0.4) is 0 Å². The lowest BCUT2D eigenvalue weighted by Gasteiger charge is -2.48. The third-order valence-electron chi connectivity index (χ3n) is 14.6. The van der Waals surface area contributed by atoms with Gasteiger partial charge in [0.1, 0.15) is 5.82 Å². The Hall–Kier alpha value is -5.79. The lowest BCUT2D eigenvalue weighted by molar-refractivity contribution is 0.130. The van der Waals surface area contributed by atoms with Crippen LogP contribution in [0.2, 0.25) is 0 Å². The molecule has 8 aromatic rings. The highest BCUT2D eigenvalue weighted by Crippen LogP contribution is 2.78. The van der Waals surface area contributed by atoms with E-state index in [4.69, 9.17) is 0 Å². The second-order valence-electron chi connectivity index (χ2n) is 17.2. The second-order valence-corrected chi connectivity index (χ2v) is 17.2. The molecule has 0 N–H and O–H groups in total. The smallest absolute Gasteiger partial charge is 0.123 e. The van der Waals surface area contributed by atoms with E-state index in [0.717, 1.165) is 23.0 Å². The van der Waals surface area contributed by atoms with Crippen LogP contribution in [-0.2, 0) is 5.41 Å². The van der Waals surface area contributed by atoms with Crippen molar-refractivity contribution in [1.82, 2.24) is 0 Å². The van der Waals surface area contributed by atoms with E-state index in [1.54, 1.807) is 11.1 Å². The largest absolute Gasteiger partial charge is 0.207 e. The van der Waals surface area contributed by atoms with Crippen molar-refractivity contribution in [3.63, 3.8) is 0 Å². The normalized spacial score (nSPS) is 24.2. The summed E-state index contributed by atoms with van der Waals surface area (Å²) in [5, 5.41) is 4.98. The SMILES string of the molecule is CC1CC23CC2CC(C3)C12c1ccccc1-c1cc(-c3cccc(-c4c5ccccc5c(-c5ccc(-c6ccc(F)cc6)cc5)c5ccccc45)c3)ccc12. The molecule has 0 amide bonds. The van der Waals surface area contributed by atoms with E-state index in [0.29, 0.717) is 11.3 Å². The topological polar surface area (TPSA) is 0 Å². The minimum Gasteiger partial charge on any atom is -0.207 e. The quantitative estimate of drug-likeness (QED) is 0.160. The van der Waals surface area contributed by atoms with E-state index in [9.17, 15) is 4.39 Å². The highest BCUT2D eigenvalue weighted by atomic mass is 19.1. The van der Waals surface area contributed by atoms with Crippen molar-refractivity contribution < 1.29 is 4.39 Å². The molecule has 12 rings (SSSR count). The Morgan fingerprint density at radius 1 is 0.436 bits per heavy atom. The molecule has 3 saturated carbocycles. The molecule has 5 unspecified atom stereocenters. The molecule has 0 saturated heterocycles. The van der Waals surface area contributed by atoms with Crippen LogP contribution in [0.5, 0.6) is 0 Å². The van der Waals surface area contributed by atoms with E-state index in [2.05, 4.69) is 146 Å². The van der Waals surface area contributed by atoms with Gasteiger partial charge in [0.05, 0.1) is 0 Å². The maximum atomic E-state index is 13.7. The van der Waals surface area contributed by atoms with Gasteiger partial charge in [0.15, 0.2) is 0 Å². The van der Waals surface area contributed by atoms with Gasteiger partial charge in [-0.3, -0.25) is 0 Å². The fraction of sp³-hybridized carbons (Fsp3) is 0.185. The summed E-state index contributed by atoms with van der Waals surface area (Å²) in [6.07, 6.45) is 5.69. The average Bonchev–Trinajstić information content (AvgIpc) is 3.64. The van der Waals surface area contributed by atoms with Gasteiger partial charge in [0, 0.05) is 5.41 Å². The molecule has 8 aromatic carbocycles. The third-order valence-corrected chi connectivity index (χ3v) is 14.6. The lowest BCUT2D eigenvalue weighted by atomic mass is 9.55. The maximum absolute atomic E-state index is 13.7. The van der Waals surface area contributed by atoms with Gasteiger partial charge in [-0.2, -0.15) is 0 Å². The Kier molecular flexibility index (Phi) is 6.52. The van der Waals surface area contributed by atoms with Crippen molar-refractivity contribution in [2.45, 2.75) is 38.0 Å². The van der Waals surface area contributed by atoms with Crippen molar-refractivity contribution in [1.29, 1.82) is 0 Å². The molecular weight excluding hydrogens is 668 g/mol. The molecule has 4 aliphatic rings. The molecule has 2 spiro atoms. The van der Waals surface area contributed by atoms with E-state index < -0.39 is 0 Å². The molecule has 0 aliphatic heterocycles. The molecule has 0 heterocycles. The molecule has 55 heavy (non-hydrogen) atoms. The molecule has 0 aromatic heterocycles. The first-order valence-electron chi connectivity index (χ1n) is 20.2. The first-order chi connectivity index (χ1) is 27.0. The van der Waals surface area contributed by atoms with Crippen molar-refractivity contribution in [2.24, 2.45) is 23.2 Å². The highest BCUT2D eigenvalue weighted by molar-refractivity contribution is 6.21. The maximum Gasteiger partial charge on any atom is 0.123 e. The van der Waals surface area contributed by atoms with Gasteiger partial charge in [-0.1, -0.05) is 146 Å². The summed E-state index contributed by atoms with van der Waals surface area (Å²) in [5.41, 5.74) is 16.4. The molecule has 4 aliphatic carbocycles. The highest BCUT2D eigenvalue weighted by Gasteiger charge is 2.70. The third kappa shape index (κ3) is 4.39. The van der Waals surface area contributed by atoms with Crippen LogP contribution in [0.1, 0.15) is 43.7 Å². The summed E-state index contributed by atoms with van der Waals surface area (Å²) >= 11 is 0. The van der Waals surface area contributed by atoms with Crippen molar-refractivity contribution >= 4 is 21.5 Å². The fourth-order valence-corrected chi connectivity index (χ4v) is 12.4. The van der Waals surface area contributed by atoms with Crippen LogP contribution < -0.4 is 0 Å². The van der Waals surface area contributed by atoms with Crippen molar-refractivity contribution in [2.75, 3.05) is 0 Å². The zero-order valence-corrected chi connectivity index (χ0v) is 31.0. The number of hydrogen-bond donors (Lipinski definition) is 0. The van der Waals surface area contributed by atoms with Gasteiger partial charge in [-0.15, -0.1) is 0 Å². The Labute approximate surface area is 322 Å². The standard InChI is InChI=1S/C54H41F/c1-33-30-53-31-40(53)29-41(32-53)54(33)49-16-7-6-11-43(49)48-28-38(23-26-50(48)54)37-9-8-10-39(27-37)52-46-14-4-2-12-44(46)51(45-13-3-5-15-47(45)52)36-19-17-34(18-20-36)35-21-24-42(55)25-22-35/h2-28,33,40-41H,29-32H2,1H3. The van der Waals surface area contributed by atoms with Gasteiger partial charge in [0.25, 0.3) is 0 Å². The summed E-state index contributed by atoms with van der Waals surface area (Å²) in [6.45, 7) is 2.57. The monoisotopic (exact) mass is 708 g/mol. The summed E-state index contributed by atoms with van der Waals surface area (Å²) < 4.78 is 13.7. The molecule has 3 fully saturated rings. The Morgan fingerprint density at radius 2 is 0.964 bits per heavy atom. The zero-order chi connectivity index (χ0) is 36.5. The van der Waals surface area contributed by atoms with E-state index in [-0.39, 0.29) is 11.2 Å². The van der Waals surface area contributed by atoms with E-state index in [1.807, 2.05) is 12.1 Å². The molecule has 2 bridgehead atoms. The van der Waals surface area contributed by atoms with Gasteiger partial charge >= 0.3 is 0 Å². The van der Waals surface area contributed by atoms with Gasteiger partial charge in [-0.25, -0.2) is 4.39 Å². The van der Waals surface area contributed by atoms with E-state index >= 15 is 0 Å². The summed E-state index contributed by atoms with van der Waals surface area (Å²) in [4.78, 5) is 0. The van der Waals surface area contributed by atoms with Crippen LogP contribution in [0.25, 0.3) is 77.2 Å². The van der Waals surface area contributed by atoms with Crippen LogP contribution in [0, 0.1) is 29.0 Å². The number of rotatable bonds is 4. The van der Waals surface area contributed by atoms with Crippen LogP contribution in [0.4, 0.5) is 4.39 Å². The summed E-state index contributed by atoms with van der Waals surface area (Å²) in [7, 11) is 0. The number of fused-ring (bicyclic) bond motifs is 9. The predicted octanol–water partition coefficient (Wildman–Crippen LogP) is 14.5. The van der Waals surface area contributed by atoms with Crippen molar-refractivity contribution in [3.05, 3.63) is 181 Å². The summed E-state index contributed by atoms with van der Waals surface area (Å²) in [5.74, 6) is 2.16. The Bertz CT molecular complexity index is 2810. The van der Waals surface area contributed by atoms with Gasteiger partial charge in [0.2, 0.25) is 0 Å². The van der Waals surface area contributed by atoms with Crippen LogP contribution in [0.15, 0.2) is 164 Å². The fourth-order valence-electron chi connectivity index (χ4n) is 12.4. The van der Waals surface area contributed by atoms with Crippen LogP contribution in [-0.4, -0.2) is 0 Å². The molecule has 264 valence electrons. The number of hydrogen-bond acceptors (Lipinski definition) is 0. The first kappa shape index (κ1) is 31.5. The number of halogens is 1. The minimum atomic E-state index is -0.216. The van der Waals surface area contributed by atoms with Crippen molar-refractivity contribution in [3.8, 4) is 55.6 Å². The lowest BCUT2D eigenvalue weighted by Crippen LogP contribution is -2.44. The first-order valence-corrected chi connectivity index (χ1v) is 20.2. The number of benzene rings is 8. The van der Waals surface area contributed by atoms with Gasteiger partial charge < -0.3 is 0 Å². The van der Waals surface area contributed by atoms with Crippen LogP contribution >= 0.6 is 0 Å². The minimum absolute atomic E-state index is 0.145. The predicted molar refractivity (Wildman–Crippen MR) is 226 cm³/mol. The zero-order valence-electron chi connectivity index (χ0n) is 31.0.